The van der Waals surface area contributed by atoms with Crippen LogP contribution in [0.5, 0.6) is 5.75 Å². The van der Waals surface area contributed by atoms with Crippen LogP contribution >= 0.6 is 15.9 Å². The highest BCUT2D eigenvalue weighted by molar-refractivity contribution is 9.10. The number of ether oxygens (including phenoxy) is 1. The molecule has 1 heterocycles. The van der Waals surface area contributed by atoms with Gasteiger partial charge in [-0.2, -0.15) is 5.10 Å². The van der Waals surface area contributed by atoms with Crippen LogP contribution in [-0.2, 0) is 6.54 Å². The number of fused-ring (bicyclic) bond motifs is 1. The number of aromatic nitrogens is 2. The Kier molecular flexibility index (Phi) is 5.47. The molecular formula is C21H23BrN2O2. The Morgan fingerprint density at radius 1 is 1.23 bits per heavy atom. The zero-order valence-electron chi connectivity index (χ0n) is 15.5. The first kappa shape index (κ1) is 18.6. The molecule has 26 heavy (non-hydrogen) atoms. The number of rotatable bonds is 6. The lowest BCUT2D eigenvalue weighted by atomic mass is 10.1. The quantitative estimate of drug-likeness (QED) is 0.507. The molecule has 0 spiro atoms. The van der Waals surface area contributed by atoms with Gasteiger partial charge in [0.15, 0.2) is 5.78 Å². The third kappa shape index (κ3) is 3.98. The first-order valence-electron chi connectivity index (χ1n) is 8.74. The number of benzene rings is 2. The second-order valence-corrected chi connectivity index (χ2v) is 7.90. The van der Waals surface area contributed by atoms with Crippen LogP contribution < -0.4 is 4.74 Å². The third-order valence-corrected chi connectivity index (χ3v) is 4.75. The molecule has 136 valence electrons. The van der Waals surface area contributed by atoms with Crippen LogP contribution in [0.25, 0.3) is 10.9 Å². The van der Waals surface area contributed by atoms with Gasteiger partial charge < -0.3 is 4.74 Å². The van der Waals surface area contributed by atoms with E-state index in [1.165, 1.54) is 0 Å². The summed E-state index contributed by atoms with van der Waals surface area (Å²) < 4.78 is 8.97. The van der Waals surface area contributed by atoms with E-state index in [-0.39, 0.29) is 5.78 Å². The van der Waals surface area contributed by atoms with Gasteiger partial charge in [0.05, 0.1) is 24.4 Å². The smallest absolute Gasteiger partial charge is 0.159 e. The van der Waals surface area contributed by atoms with E-state index in [0.29, 0.717) is 24.6 Å². The molecule has 5 heteroatoms. The van der Waals surface area contributed by atoms with E-state index >= 15 is 0 Å². The molecule has 0 fully saturated rings. The Morgan fingerprint density at radius 3 is 2.69 bits per heavy atom. The molecule has 0 saturated heterocycles. The van der Waals surface area contributed by atoms with E-state index in [4.69, 9.17) is 4.74 Å². The minimum atomic E-state index is 0.0652. The number of Topliss-reactive ketones (excluding diaryl/α,β-unsaturated/α-hetero) is 1. The van der Waals surface area contributed by atoms with Crippen LogP contribution in [0.2, 0.25) is 0 Å². The Balaban J connectivity index is 1.99. The van der Waals surface area contributed by atoms with E-state index in [9.17, 15) is 4.79 Å². The van der Waals surface area contributed by atoms with E-state index in [1.54, 1.807) is 6.92 Å². The fraction of sp³-hybridized carbons (Fsp3) is 0.333. The van der Waals surface area contributed by atoms with Gasteiger partial charge >= 0.3 is 0 Å². The lowest BCUT2D eigenvalue weighted by Crippen LogP contribution is -2.09. The second-order valence-electron chi connectivity index (χ2n) is 6.99. The number of halogens is 1. The summed E-state index contributed by atoms with van der Waals surface area (Å²) in [6.07, 6.45) is 0. The second kappa shape index (κ2) is 7.62. The molecule has 0 radical (unpaired) electrons. The number of hydrogen-bond donors (Lipinski definition) is 0. The van der Waals surface area contributed by atoms with E-state index in [1.807, 2.05) is 41.9 Å². The maximum atomic E-state index is 11.7. The summed E-state index contributed by atoms with van der Waals surface area (Å²) in [6.45, 7) is 9.11. The van der Waals surface area contributed by atoms with Crippen molar-refractivity contribution >= 4 is 32.6 Å². The number of carbonyl (C=O) groups is 1. The predicted molar refractivity (Wildman–Crippen MR) is 108 cm³/mol. The van der Waals surface area contributed by atoms with Crippen LogP contribution in [-0.4, -0.2) is 22.2 Å². The van der Waals surface area contributed by atoms with Gasteiger partial charge in [-0.25, -0.2) is 0 Å². The molecule has 0 bridgehead atoms. The minimum absolute atomic E-state index is 0.0652. The van der Waals surface area contributed by atoms with Crippen molar-refractivity contribution in [1.82, 2.24) is 9.78 Å². The Morgan fingerprint density at radius 2 is 2.00 bits per heavy atom. The number of carbonyl (C=O) groups excluding carboxylic acids is 1. The van der Waals surface area contributed by atoms with Crippen molar-refractivity contribution in [2.75, 3.05) is 6.61 Å². The molecule has 3 aromatic rings. The van der Waals surface area contributed by atoms with E-state index in [0.717, 1.165) is 32.4 Å². The molecule has 0 atom stereocenters. The maximum Gasteiger partial charge on any atom is 0.159 e. The van der Waals surface area contributed by atoms with Gasteiger partial charge in [-0.15, -0.1) is 0 Å². The summed E-state index contributed by atoms with van der Waals surface area (Å²) in [5.41, 5.74) is 3.72. The first-order chi connectivity index (χ1) is 12.3. The van der Waals surface area contributed by atoms with Crippen molar-refractivity contribution in [3.05, 3.63) is 57.7 Å². The number of aryl methyl sites for hydroxylation is 1. The molecule has 0 saturated carbocycles. The van der Waals surface area contributed by atoms with Gasteiger partial charge in [0.25, 0.3) is 0 Å². The molecule has 0 unspecified atom stereocenters. The van der Waals surface area contributed by atoms with E-state index in [2.05, 4.69) is 40.9 Å². The molecule has 3 rings (SSSR count). The summed E-state index contributed by atoms with van der Waals surface area (Å²) in [6, 6.07) is 11.8. The monoisotopic (exact) mass is 414 g/mol. The van der Waals surface area contributed by atoms with Crippen molar-refractivity contribution < 1.29 is 9.53 Å². The SMILES string of the molecule is CC(=O)c1ccc2c(c1)c(C)nn2Cc1cc(Br)ccc1OCC(C)C. The molecule has 4 nitrogen and oxygen atoms in total. The molecule has 1 aromatic heterocycles. The van der Waals surface area contributed by atoms with Crippen molar-refractivity contribution in [2.24, 2.45) is 5.92 Å². The summed E-state index contributed by atoms with van der Waals surface area (Å²) >= 11 is 3.55. The van der Waals surface area contributed by atoms with Crippen LogP contribution in [0.4, 0.5) is 0 Å². The lowest BCUT2D eigenvalue weighted by molar-refractivity contribution is 0.101. The van der Waals surface area contributed by atoms with Crippen molar-refractivity contribution in [3.8, 4) is 5.75 Å². The highest BCUT2D eigenvalue weighted by Gasteiger charge is 2.13. The highest BCUT2D eigenvalue weighted by atomic mass is 79.9. The number of ketones is 1. The van der Waals surface area contributed by atoms with Gasteiger partial charge in [-0.1, -0.05) is 29.8 Å². The fourth-order valence-corrected chi connectivity index (χ4v) is 3.32. The van der Waals surface area contributed by atoms with Crippen molar-refractivity contribution in [3.63, 3.8) is 0 Å². The van der Waals surface area contributed by atoms with Crippen LogP contribution in [0.1, 0.15) is 42.4 Å². The molecule has 0 aliphatic rings. The molecule has 0 aliphatic heterocycles. The minimum Gasteiger partial charge on any atom is -0.493 e. The number of hydrogen-bond acceptors (Lipinski definition) is 3. The van der Waals surface area contributed by atoms with E-state index < -0.39 is 0 Å². The molecule has 0 N–H and O–H groups in total. The topological polar surface area (TPSA) is 44.1 Å². The van der Waals surface area contributed by atoms with Crippen LogP contribution in [0.15, 0.2) is 40.9 Å². The predicted octanol–water partition coefficient (Wildman–Crippen LogP) is 5.39. The maximum absolute atomic E-state index is 11.7. The summed E-state index contributed by atoms with van der Waals surface area (Å²) in [5.74, 6) is 1.41. The Labute approximate surface area is 162 Å². The van der Waals surface area contributed by atoms with Gasteiger partial charge in [-0.05, 0) is 56.2 Å². The number of nitrogens with zero attached hydrogens (tertiary/aromatic N) is 2. The normalized spacial score (nSPS) is 11.3. The van der Waals surface area contributed by atoms with Gasteiger partial charge in [0.1, 0.15) is 5.75 Å². The largest absolute Gasteiger partial charge is 0.493 e. The Hall–Kier alpha value is -2.14. The third-order valence-electron chi connectivity index (χ3n) is 4.26. The summed E-state index contributed by atoms with van der Waals surface area (Å²) in [5, 5.41) is 5.70. The first-order valence-corrected chi connectivity index (χ1v) is 9.53. The van der Waals surface area contributed by atoms with Gasteiger partial charge in [0, 0.05) is 21.0 Å². The van der Waals surface area contributed by atoms with Gasteiger partial charge in [-0.3, -0.25) is 9.48 Å². The Bertz CT molecular complexity index is 960. The zero-order valence-corrected chi connectivity index (χ0v) is 17.1. The summed E-state index contributed by atoms with van der Waals surface area (Å²) in [4.78, 5) is 11.7. The molecular weight excluding hydrogens is 392 g/mol. The average molecular weight is 415 g/mol. The van der Waals surface area contributed by atoms with Gasteiger partial charge in [0.2, 0.25) is 0 Å². The standard InChI is InChI=1S/C21H23BrN2O2/c1-13(2)12-26-21-8-6-18(22)9-17(21)11-24-20-7-5-16(15(4)25)10-19(20)14(3)23-24/h5-10,13H,11-12H2,1-4H3. The fourth-order valence-electron chi connectivity index (χ4n) is 2.91. The zero-order chi connectivity index (χ0) is 18.8. The molecule has 0 aliphatic carbocycles. The molecule has 0 amide bonds. The lowest BCUT2D eigenvalue weighted by Gasteiger charge is -2.14. The molecule has 2 aromatic carbocycles. The highest BCUT2D eigenvalue weighted by Crippen LogP contribution is 2.27. The summed E-state index contributed by atoms with van der Waals surface area (Å²) in [7, 11) is 0. The van der Waals surface area contributed by atoms with Crippen molar-refractivity contribution in [2.45, 2.75) is 34.2 Å². The van der Waals surface area contributed by atoms with Crippen molar-refractivity contribution in [1.29, 1.82) is 0 Å². The average Bonchev–Trinajstić information content (AvgIpc) is 2.89. The van der Waals surface area contributed by atoms with Crippen LogP contribution in [0, 0.1) is 12.8 Å². The van der Waals surface area contributed by atoms with Crippen LogP contribution in [0.3, 0.4) is 0 Å².